The summed E-state index contributed by atoms with van der Waals surface area (Å²) in [5, 5.41) is 2.79. The van der Waals surface area contributed by atoms with Gasteiger partial charge < -0.3 is 5.32 Å². The second-order valence-electron chi connectivity index (χ2n) is 4.84. The number of rotatable bonds is 5. The highest BCUT2D eigenvalue weighted by molar-refractivity contribution is 5.97. The molecule has 0 aliphatic heterocycles. The molecule has 0 saturated heterocycles. The quantitative estimate of drug-likeness (QED) is 0.838. The molecule has 0 spiro atoms. The van der Waals surface area contributed by atoms with E-state index in [1.807, 2.05) is 13.8 Å². The summed E-state index contributed by atoms with van der Waals surface area (Å²) in [5.74, 6) is -0.158. The predicted molar refractivity (Wildman–Crippen MR) is 72.1 cm³/mol. The molecule has 0 atom stereocenters. The van der Waals surface area contributed by atoms with Crippen molar-refractivity contribution in [3.05, 3.63) is 47.2 Å². The van der Waals surface area contributed by atoms with Crippen LogP contribution in [0.15, 0.2) is 36.0 Å². The maximum absolute atomic E-state index is 12.6. The number of benzene rings is 1. The molecule has 0 fully saturated rings. The fraction of sp³-hybridized carbons (Fsp3) is 0.400. The van der Waals surface area contributed by atoms with Crippen molar-refractivity contribution < 1.29 is 18.0 Å². The third kappa shape index (κ3) is 4.40. The maximum Gasteiger partial charge on any atom is 0.416 e. The number of halogens is 3. The minimum absolute atomic E-state index is 0.0146. The molecule has 1 aromatic rings. The van der Waals surface area contributed by atoms with E-state index in [0.717, 1.165) is 12.1 Å². The molecule has 1 aromatic carbocycles. The Hall–Kier alpha value is -1.78. The van der Waals surface area contributed by atoms with Gasteiger partial charge in [-0.2, -0.15) is 13.2 Å². The topological polar surface area (TPSA) is 29.1 Å². The standard InChI is InChI=1S/C15H18F3NO/c1-10(2)13(9-19-3)14(20)8-11-5-4-6-12(7-11)15(16,17)18/h4-7,9-10,19H,8H2,1-3H3. The highest BCUT2D eigenvalue weighted by Gasteiger charge is 2.30. The Balaban J connectivity index is 2.94. The van der Waals surface area contributed by atoms with Gasteiger partial charge in [0.2, 0.25) is 0 Å². The van der Waals surface area contributed by atoms with Crippen molar-refractivity contribution in [1.82, 2.24) is 5.32 Å². The van der Waals surface area contributed by atoms with E-state index in [0.29, 0.717) is 11.1 Å². The monoisotopic (exact) mass is 285 g/mol. The van der Waals surface area contributed by atoms with Crippen LogP contribution in [0, 0.1) is 5.92 Å². The van der Waals surface area contributed by atoms with Crippen LogP contribution in [-0.2, 0) is 17.4 Å². The molecule has 0 bridgehead atoms. The zero-order valence-corrected chi connectivity index (χ0v) is 11.7. The number of hydrogen-bond donors (Lipinski definition) is 1. The van der Waals surface area contributed by atoms with Crippen LogP contribution in [0.25, 0.3) is 0 Å². The summed E-state index contributed by atoms with van der Waals surface area (Å²) in [5.41, 5.74) is 0.212. The zero-order valence-electron chi connectivity index (χ0n) is 11.7. The van der Waals surface area contributed by atoms with Crippen molar-refractivity contribution >= 4 is 5.78 Å². The molecule has 0 saturated carbocycles. The van der Waals surface area contributed by atoms with Crippen molar-refractivity contribution in [3.63, 3.8) is 0 Å². The van der Waals surface area contributed by atoms with Crippen LogP contribution in [-0.4, -0.2) is 12.8 Å². The molecular formula is C15H18F3NO. The summed E-state index contributed by atoms with van der Waals surface area (Å²) in [6.45, 7) is 3.74. The summed E-state index contributed by atoms with van der Waals surface area (Å²) in [7, 11) is 1.68. The molecular weight excluding hydrogens is 267 g/mol. The summed E-state index contributed by atoms with van der Waals surface area (Å²) in [6.07, 6.45) is -2.82. The second-order valence-corrected chi connectivity index (χ2v) is 4.84. The van der Waals surface area contributed by atoms with Crippen molar-refractivity contribution in [2.24, 2.45) is 5.92 Å². The first kappa shape index (κ1) is 16.3. The van der Waals surface area contributed by atoms with Crippen LogP contribution in [0.2, 0.25) is 0 Å². The van der Waals surface area contributed by atoms with Gasteiger partial charge in [-0.15, -0.1) is 0 Å². The molecule has 1 N–H and O–H groups in total. The first-order valence-corrected chi connectivity index (χ1v) is 6.32. The third-order valence-corrected chi connectivity index (χ3v) is 2.86. The van der Waals surface area contributed by atoms with Crippen LogP contribution in [0.4, 0.5) is 13.2 Å². The molecule has 1 rings (SSSR count). The number of carbonyl (C=O) groups is 1. The predicted octanol–water partition coefficient (Wildman–Crippen LogP) is 3.58. The van der Waals surface area contributed by atoms with Crippen LogP contribution in [0.5, 0.6) is 0 Å². The maximum atomic E-state index is 12.6. The highest BCUT2D eigenvalue weighted by atomic mass is 19.4. The molecule has 20 heavy (non-hydrogen) atoms. The molecule has 0 aromatic heterocycles. The average Bonchev–Trinajstić information content (AvgIpc) is 2.34. The SMILES string of the molecule is CNC=C(C(=O)Cc1cccc(C(F)(F)F)c1)C(C)C. The number of carbonyl (C=O) groups excluding carboxylic acids is 1. The van der Waals surface area contributed by atoms with Gasteiger partial charge in [0, 0.05) is 25.2 Å². The first-order valence-electron chi connectivity index (χ1n) is 6.32. The van der Waals surface area contributed by atoms with E-state index >= 15 is 0 Å². The van der Waals surface area contributed by atoms with Gasteiger partial charge >= 0.3 is 6.18 Å². The molecule has 0 amide bonds. The van der Waals surface area contributed by atoms with E-state index in [4.69, 9.17) is 0 Å². The van der Waals surface area contributed by atoms with Crippen molar-refractivity contribution in [2.75, 3.05) is 7.05 Å². The Morgan fingerprint density at radius 1 is 1.35 bits per heavy atom. The Morgan fingerprint density at radius 2 is 2.00 bits per heavy atom. The number of allylic oxidation sites excluding steroid dienone is 1. The number of ketones is 1. The molecule has 0 heterocycles. The molecule has 2 nitrogen and oxygen atoms in total. The highest BCUT2D eigenvalue weighted by Crippen LogP contribution is 2.29. The lowest BCUT2D eigenvalue weighted by Crippen LogP contribution is -2.15. The van der Waals surface area contributed by atoms with Gasteiger partial charge in [-0.3, -0.25) is 4.79 Å². The molecule has 5 heteroatoms. The van der Waals surface area contributed by atoms with Gasteiger partial charge in [0.1, 0.15) is 0 Å². The lowest BCUT2D eigenvalue weighted by Gasteiger charge is -2.12. The molecule has 0 aliphatic rings. The fourth-order valence-electron chi connectivity index (χ4n) is 1.87. The Bertz CT molecular complexity index is 504. The van der Waals surface area contributed by atoms with Gasteiger partial charge in [0.15, 0.2) is 5.78 Å². The molecule has 0 unspecified atom stereocenters. The lowest BCUT2D eigenvalue weighted by molar-refractivity contribution is -0.137. The van der Waals surface area contributed by atoms with Crippen LogP contribution >= 0.6 is 0 Å². The molecule has 0 radical (unpaired) electrons. The van der Waals surface area contributed by atoms with Gasteiger partial charge in [0.05, 0.1) is 5.56 Å². The normalized spacial score (nSPS) is 12.7. The second kappa shape index (κ2) is 6.59. The number of hydrogen-bond acceptors (Lipinski definition) is 2. The molecule has 110 valence electrons. The van der Waals surface area contributed by atoms with Gasteiger partial charge in [-0.25, -0.2) is 0 Å². The first-order chi connectivity index (χ1) is 9.25. The van der Waals surface area contributed by atoms with Crippen molar-refractivity contribution in [2.45, 2.75) is 26.4 Å². The number of nitrogens with one attached hydrogen (secondary N) is 1. The average molecular weight is 285 g/mol. The minimum atomic E-state index is -4.39. The van der Waals surface area contributed by atoms with E-state index < -0.39 is 11.7 Å². The third-order valence-electron chi connectivity index (χ3n) is 2.86. The summed E-state index contributed by atoms with van der Waals surface area (Å²) < 4.78 is 37.8. The number of Topliss-reactive ketones (excluding diaryl/α,β-unsaturated/α-hetero) is 1. The van der Waals surface area contributed by atoms with Crippen LogP contribution in [0.3, 0.4) is 0 Å². The Morgan fingerprint density at radius 3 is 2.50 bits per heavy atom. The van der Waals surface area contributed by atoms with E-state index in [1.54, 1.807) is 13.2 Å². The van der Waals surface area contributed by atoms with Crippen LogP contribution < -0.4 is 5.32 Å². The number of alkyl halides is 3. The lowest BCUT2D eigenvalue weighted by atomic mass is 9.95. The van der Waals surface area contributed by atoms with Crippen LogP contribution in [0.1, 0.15) is 25.0 Å². The van der Waals surface area contributed by atoms with Gasteiger partial charge in [-0.1, -0.05) is 32.0 Å². The van der Waals surface area contributed by atoms with Gasteiger partial charge in [0.25, 0.3) is 0 Å². The summed E-state index contributed by atoms with van der Waals surface area (Å²) >= 11 is 0. The Kier molecular flexibility index (Phi) is 5.36. The molecule has 0 aliphatic carbocycles. The zero-order chi connectivity index (χ0) is 15.3. The smallest absolute Gasteiger partial charge is 0.394 e. The Labute approximate surface area is 116 Å². The van der Waals surface area contributed by atoms with E-state index in [-0.39, 0.29) is 18.1 Å². The van der Waals surface area contributed by atoms with E-state index in [1.165, 1.54) is 12.1 Å². The van der Waals surface area contributed by atoms with E-state index in [2.05, 4.69) is 5.32 Å². The fourth-order valence-corrected chi connectivity index (χ4v) is 1.87. The summed E-state index contributed by atoms with van der Waals surface area (Å²) in [4.78, 5) is 12.1. The summed E-state index contributed by atoms with van der Waals surface area (Å²) in [6, 6.07) is 4.88. The largest absolute Gasteiger partial charge is 0.416 e. The van der Waals surface area contributed by atoms with E-state index in [9.17, 15) is 18.0 Å². The minimum Gasteiger partial charge on any atom is -0.394 e. The van der Waals surface area contributed by atoms with Crippen molar-refractivity contribution in [1.29, 1.82) is 0 Å². The van der Waals surface area contributed by atoms with Crippen molar-refractivity contribution in [3.8, 4) is 0 Å². The van der Waals surface area contributed by atoms with Gasteiger partial charge in [-0.05, 0) is 17.5 Å².